The Morgan fingerprint density at radius 3 is 2.44 bits per heavy atom. The van der Waals surface area contributed by atoms with Gasteiger partial charge in [-0.15, -0.1) is 5.10 Å². The summed E-state index contributed by atoms with van der Waals surface area (Å²) in [6.07, 6.45) is -1.42. The average molecular weight is 527 g/mol. The second-order valence-corrected chi connectivity index (χ2v) is 8.86. The first-order chi connectivity index (χ1) is 17.2. The molecule has 0 radical (unpaired) electrons. The molecule has 0 unspecified atom stereocenters. The van der Waals surface area contributed by atoms with Crippen LogP contribution in [0.2, 0.25) is 10.0 Å². The number of aliphatic hydroxyl groups is 1. The number of aryl methyl sites for hydroxylation is 1. The summed E-state index contributed by atoms with van der Waals surface area (Å²) < 4.78 is 1.09. The Morgan fingerprint density at radius 2 is 1.75 bits per heavy atom. The Hall–Kier alpha value is -3.79. The van der Waals surface area contributed by atoms with Crippen molar-refractivity contribution in [1.29, 1.82) is 0 Å². The maximum absolute atomic E-state index is 12.6. The van der Waals surface area contributed by atoms with Crippen molar-refractivity contribution < 1.29 is 19.8 Å². The molecule has 0 saturated heterocycles. The van der Waals surface area contributed by atoms with E-state index in [1.165, 1.54) is 24.3 Å². The molecule has 0 saturated carbocycles. The molecule has 0 bridgehead atoms. The molecule has 2 atom stereocenters. The van der Waals surface area contributed by atoms with Crippen LogP contribution >= 0.6 is 23.2 Å². The van der Waals surface area contributed by atoms with Crippen molar-refractivity contribution in [2.75, 3.05) is 5.32 Å². The predicted molar refractivity (Wildman–Crippen MR) is 135 cm³/mol. The molecule has 3 N–H and O–H groups in total. The minimum Gasteiger partial charge on any atom is -0.481 e. The van der Waals surface area contributed by atoms with Crippen molar-refractivity contribution in [3.05, 3.63) is 98.3 Å². The number of halogens is 2. The normalized spacial score (nSPS) is 12.8. The fraction of sp³-hybridized carbons (Fsp3) is 0.160. The summed E-state index contributed by atoms with van der Waals surface area (Å²) in [7, 11) is 0. The molecule has 0 aliphatic heterocycles. The molecule has 4 aromatic rings. The van der Waals surface area contributed by atoms with Gasteiger partial charge in [0.05, 0.1) is 28.0 Å². The number of aliphatic hydroxyl groups excluding tert-OH is 1. The molecule has 0 spiro atoms. The number of benzene rings is 3. The third-order valence-electron chi connectivity index (χ3n) is 5.67. The smallest absolute Gasteiger partial charge is 0.309 e. The highest BCUT2D eigenvalue weighted by molar-refractivity contribution is 6.37. The summed E-state index contributed by atoms with van der Waals surface area (Å²) >= 11 is 11.9. The number of hydrogen-bond donors (Lipinski definition) is 3. The second-order valence-electron chi connectivity index (χ2n) is 8.01. The first-order valence-corrected chi connectivity index (χ1v) is 11.6. The van der Waals surface area contributed by atoms with Crippen LogP contribution in [0.25, 0.3) is 10.9 Å². The highest BCUT2D eigenvalue weighted by atomic mass is 35.5. The number of anilines is 1. The molecule has 11 heteroatoms. The number of aliphatic carboxylic acids is 1. The fourth-order valence-corrected chi connectivity index (χ4v) is 4.21. The van der Waals surface area contributed by atoms with E-state index in [9.17, 15) is 24.6 Å². The van der Waals surface area contributed by atoms with Gasteiger partial charge >= 0.3 is 5.97 Å². The second kappa shape index (κ2) is 10.9. The van der Waals surface area contributed by atoms with Gasteiger partial charge in [-0.3, -0.25) is 14.4 Å². The number of nitrogens with zero attached hydrogens (tertiary/aromatic N) is 3. The van der Waals surface area contributed by atoms with Crippen LogP contribution in [-0.2, 0) is 11.3 Å². The highest BCUT2D eigenvalue weighted by Gasteiger charge is 2.28. The van der Waals surface area contributed by atoms with Gasteiger partial charge in [-0.2, -0.15) is 0 Å². The Morgan fingerprint density at radius 1 is 1.03 bits per heavy atom. The third kappa shape index (κ3) is 5.54. The third-order valence-corrected chi connectivity index (χ3v) is 6.21. The van der Waals surface area contributed by atoms with Gasteiger partial charge in [0.1, 0.15) is 5.52 Å². The van der Waals surface area contributed by atoms with Crippen molar-refractivity contribution in [2.24, 2.45) is 5.92 Å². The van der Waals surface area contributed by atoms with Gasteiger partial charge in [0.2, 0.25) is 0 Å². The van der Waals surface area contributed by atoms with E-state index >= 15 is 0 Å². The predicted octanol–water partition coefficient (Wildman–Crippen LogP) is 4.18. The van der Waals surface area contributed by atoms with Crippen LogP contribution in [0.4, 0.5) is 5.69 Å². The van der Waals surface area contributed by atoms with Crippen LogP contribution in [0.5, 0.6) is 0 Å². The zero-order chi connectivity index (χ0) is 25.8. The molecular formula is C25H20Cl2N4O5. The Kier molecular flexibility index (Phi) is 7.64. The summed E-state index contributed by atoms with van der Waals surface area (Å²) in [5.74, 6) is -2.88. The molecule has 36 heavy (non-hydrogen) atoms. The van der Waals surface area contributed by atoms with E-state index in [1.807, 2.05) is 0 Å². The molecular weight excluding hydrogens is 507 g/mol. The van der Waals surface area contributed by atoms with Crippen LogP contribution in [0.1, 0.15) is 28.4 Å². The number of carboxylic acid groups (broad SMARTS) is 1. The van der Waals surface area contributed by atoms with Crippen molar-refractivity contribution >= 4 is 51.7 Å². The zero-order valence-corrected chi connectivity index (χ0v) is 20.1. The Labute approximate surface area is 214 Å². The van der Waals surface area contributed by atoms with Gasteiger partial charge in [-0.05, 0) is 54.4 Å². The molecule has 1 heterocycles. The van der Waals surface area contributed by atoms with E-state index in [0.29, 0.717) is 27.2 Å². The molecule has 0 aliphatic carbocycles. The quantitative estimate of drug-likeness (QED) is 0.313. The molecule has 9 nitrogen and oxygen atoms in total. The fourth-order valence-electron chi connectivity index (χ4n) is 3.72. The van der Waals surface area contributed by atoms with Crippen LogP contribution in [0.3, 0.4) is 0 Å². The van der Waals surface area contributed by atoms with Gasteiger partial charge in [0.25, 0.3) is 11.5 Å². The van der Waals surface area contributed by atoms with E-state index in [-0.39, 0.29) is 29.1 Å². The van der Waals surface area contributed by atoms with Gasteiger partial charge in [0, 0.05) is 17.3 Å². The van der Waals surface area contributed by atoms with Gasteiger partial charge in [0.15, 0.2) is 0 Å². The number of amides is 1. The number of carboxylic acids is 1. The van der Waals surface area contributed by atoms with Crippen molar-refractivity contribution in [1.82, 2.24) is 15.0 Å². The largest absolute Gasteiger partial charge is 0.481 e. The van der Waals surface area contributed by atoms with Crippen LogP contribution in [0, 0.1) is 5.92 Å². The van der Waals surface area contributed by atoms with Gasteiger partial charge < -0.3 is 15.5 Å². The zero-order valence-electron chi connectivity index (χ0n) is 18.6. The maximum atomic E-state index is 12.6. The first-order valence-electron chi connectivity index (χ1n) is 10.8. The summed E-state index contributed by atoms with van der Waals surface area (Å²) in [6.45, 7) is -0.0410. The van der Waals surface area contributed by atoms with Crippen molar-refractivity contribution in [2.45, 2.75) is 19.1 Å². The maximum Gasteiger partial charge on any atom is 0.309 e. The molecule has 1 amide bonds. The molecule has 0 aliphatic rings. The number of hydrogen-bond acceptors (Lipinski definition) is 6. The van der Waals surface area contributed by atoms with E-state index in [2.05, 4.69) is 15.6 Å². The minimum atomic E-state index is -1.36. The summed E-state index contributed by atoms with van der Waals surface area (Å²) in [5.41, 5.74) is 1.05. The number of fused-ring (bicyclic) bond motifs is 1. The standard InChI is InChI=1S/C25H20Cl2N4O5/c26-15-7-10-17(20(27)13-15)23(33)28-16-8-5-14(6-9-16)22(32)19(25(35)36)11-12-31-24(34)18-3-1-2-4-21(18)29-30-31/h1-10,13,19,22,32H,11-12H2,(H,28,33)(H,35,36)/t19-,22+/m0/s1. The lowest BCUT2D eigenvalue weighted by Crippen LogP contribution is -2.29. The van der Waals surface area contributed by atoms with E-state index < -0.39 is 23.9 Å². The average Bonchev–Trinajstić information content (AvgIpc) is 2.85. The van der Waals surface area contributed by atoms with Gasteiger partial charge in [-0.25, -0.2) is 4.68 Å². The van der Waals surface area contributed by atoms with Crippen molar-refractivity contribution in [3.63, 3.8) is 0 Å². The van der Waals surface area contributed by atoms with Crippen molar-refractivity contribution in [3.8, 4) is 0 Å². The first kappa shape index (κ1) is 25.3. The number of nitrogens with one attached hydrogen (secondary N) is 1. The van der Waals surface area contributed by atoms with E-state index in [0.717, 1.165) is 4.68 Å². The van der Waals surface area contributed by atoms with Crippen LogP contribution in [-0.4, -0.2) is 37.1 Å². The topological polar surface area (TPSA) is 134 Å². The Balaban J connectivity index is 1.45. The summed E-state index contributed by atoms with van der Waals surface area (Å²) in [5, 5.41) is 32.0. The number of carbonyl (C=O) groups excluding carboxylic acids is 1. The SMILES string of the molecule is O=C(Nc1ccc([C@@H](O)[C@H](CCn2nnc3ccccc3c2=O)C(=O)O)cc1)c1ccc(Cl)cc1Cl. The highest BCUT2D eigenvalue weighted by Crippen LogP contribution is 2.27. The molecule has 3 aromatic carbocycles. The molecule has 4 rings (SSSR count). The Bertz CT molecular complexity index is 1490. The lowest BCUT2D eigenvalue weighted by molar-refractivity contribution is -0.146. The van der Waals surface area contributed by atoms with Crippen LogP contribution in [0.15, 0.2) is 71.5 Å². The van der Waals surface area contributed by atoms with Gasteiger partial charge in [-0.1, -0.05) is 52.7 Å². The molecule has 184 valence electrons. The number of aromatic nitrogens is 3. The summed E-state index contributed by atoms with van der Waals surface area (Å²) in [4.78, 5) is 37.0. The molecule has 1 aromatic heterocycles. The number of rotatable bonds is 8. The monoisotopic (exact) mass is 526 g/mol. The minimum absolute atomic E-state index is 0.0410. The lowest BCUT2D eigenvalue weighted by Gasteiger charge is -2.20. The van der Waals surface area contributed by atoms with Crippen LogP contribution < -0.4 is 10.9 Å². The van der Waals surface area contributed by atoms with E-state index in [4.69, 9.17) is 23.2 Å². The molecule has 0 fully saturated rings. The summed E-state index contributed by atoms with van der Waals surface area (Å²) in [6, 6.07) is 17.3. The number of carbonyl (C=O) groups is 2. The van der Waals surface area contributed by atoms with E-state index in [1.54, 1.807) is 42.5 Å². The lowest BCUT2D eigenvalue weighted by atomic mass is 9.92.